The van der Waals surface area contributed by atoms with Gasteiger partial charge in [0.2, 0.25) is 0 Å². The number of hydrogen-bond donors (Lipinski definition) is 2. The van der Waals surface area contributed by atoms with Crippen LogP contribution in [0.1, 0.15) is 11.1 Å². The van der Waals surface area contributed by atoms with Crippen molar-refractivity contribution < 1.29 is 14.9 Å². The molecule has 3 nitrogen and oxygen atoms in total. The molecule has 4 heteroatoms. The quantitative estimate of drug-likeness (QED) is 0.848. The molecule has 0 bridgehead atoms. The Hall–Kier alpha value is -1.94. The van der Waals surface area contributed by atoms with Crippen molar-refractivity contribution in [1.82, 2.24) is 0 Å². The van der Waals surface area contributed by atoms with Crippen LogP contribution in [-0.4, -0.2) is 17.3 Å². The first-order chi connectivity index (χ1) is 9.49. The van der Waals surface area contributed by atoms with Gasteiger partial charge in [-0.2, -0.15) is 0 Å². The van der Waals surface area contributed by atoms with Gasteiger partial charge < -0.3 is 14.9 Å². The number of aromatic hydroxyl groups is 2. The summed E-state index contributed by atoms with van der Waals surface area (Å²) in [5.41, 5.74) is 1.58. The van der Waals surface area contributed by atoms with E-state index in [4.69, 9.17) is 9.84 Å². The molecule has 0 aliphatic rings. The van der Waals surface area contributed by atoms with Crippen LogP contribution in [0.25, 0.3) is 6.08 Å². The lowest BCUT2D eigenvalue weighted by atomic mass is 10.2. The number of phenolic OH excluding ortho intramolecular Hbond substituents is 2. The van der Waals surface area contributed by atoms with Crippen LogP contribution in [-0.2, 0) is 0 Å². The molecule has 0 saturated heterocycles. The first-order valence-electron chi connectivity index (χ1n) is 5.93. The average molecular weight is 337 g/mol. The Morgan fingerprint density at radius 3 is 2.30 bits per heavy atom. The molecule has 0 amide bonds. The number of hydrogen-bond acceptors (Lipinski definition) is 3. The second-order valence-electron chi connectivity index (χ2n) is 4.04. The van der Waals surface area contributed by atoms with E-state index in [0.29, 0.717) is 17.1 Å². The fraction of sp³-hybridized carbons (Fsp3) is 0.125. The summed E-state index contributed by atoms with van der Waals surface area (Å²) in [6.07, 6.45) is 1.57. The number of halogens is 1. The van der Waals surface area contributed by atoms with Crippen molar-refractivity contribution in [2.24, 2.45) is 0 Å². The Kier molecular flexibility index (Phi) is 6.12. The van der Waals surface area contributed by atoms with Crippen LogP contribution in [0.4, 0.5) is 0 Å². The maximum absolute atomic E-state index is 9.50. The minimum atomic E-state index is 0.121. The molecule has 2 rings (SSSR count). The van der Waals surface area contributed by atoms with Crippen LogP contribution < -0.4 is 4.74 Å². The number of para-hydroxylation sites is 1. The molecule has 0 fully saturated rings. The topological polar surface area (TPSA) is 49.7 Å². The van der Waals surface area contributed by atoms with Crippen molar-refractivity contribution in [2.45, 2.75) is 6.92 Å². The van der Waals surface area contributed by atoms with Gasteiger partial charge in [-0.05, 0) is 30.7 Å². The summed E-state index contributed by atoms with van der Waals surface area (Å²) in [5.74, 6) is 0.933. The predicted octanol–water partition coefficient (Wildman–Crippen LogP) is 4.51. The largest absolute Gasteiger partial charge is 0.508 e. The molecule has 0 atom stereocenters. The third kappa shape index (κ3) is 4.31. The summed E-state index contributed by atoms with van der Waals surface area (Å²) < 4.78 is 5.79. The number of aryl methyl sites for hydroxylation is 1. The highest BCUT2D eigenvalue weighted by molar-refractivity contribution is 9.10. The smallest absolute Gasteiger partial charge is 0.165 e. The van der Waals surface area contributed by atoms with Gasteiger partial charge in [-0.25, -0.2) is 0 Å². The summed E-state index contributed by atoms with van der Waals surface area (Å²) >= 11 is 3.29. The van der Waals surface area contributed by atoms with E-state index in [1.54, 1.807) is 24.3 Å². The third-order valence-corrected chi connectivity index (χ3v) is 3.08. The lowest BCUT2D eigenvalue weighted by molar-refractivity contribution is 0.372. The summed E-state index contributed by atoms with van der Waals surface area (Å²) in [4.78, 5) is 0. The van der Waals surface area contributed by atoms with Gasteiger partial charge in [0.15, 0.2) is 11.5 Å². The van der Waals surface area contributed by atoms with Gasteiger partial charge in [0.25, 0.3) is 0 Å². The van der Waals surface area contributed by atoms with Crippen LogP contribution in [0.3, 0.4) is 0 Å². The van der Waals surface area contributed by atoms with Crippen LogP contribution >= 0.6 is 15.9 Å². The monoisotopic (exact) mass is 336 g/mol. The van der Waals surface area contributed by atoms with Gasteiger partial charge in [-0.1, -0.05) is 46.8 Å². The van der Waals surface area contributed by atoms with Gasteiger partial charge in [-0.15, -0.1) is 0 Å². The number of benzene rings is 2. The van der Waals surface area contributed by atoms with Crippen molar-refractivity contribution >= 4 is 22.0 Å². The molecule has 0 saturated carbocycles. The minimum absolute atomic E-state index is 0.121. The number of ether oxygens (including phenoxy) is 1. The van der Waals surface area contributed by atoms with E-state index in [1.165, 1.54) is 7.11 Å². The Labute approximate surface area is 127 Å². The lowest BCUT2D eigenvalue weighted by Crippen LogP contribution is -1.85. The Balaban J connectivity index is 0.000000217. The molecular formula is C16H17BrO3. The maximum Gasteiger partial charge on any atom is 0.165 e. The van der Waals surface area contributed by atoms with Crippen LogP contribution in [0.5, 0.6) is 17.2 Å². The zero-order valence-electron chi connectivity index (χ0n) is 11.4. The number of phenols is 2. The zero-order valence-corrected chi connectivity index (χ0v) is 13.0. The van der Waals surface area contributed by atoms with E-state index >= 15 is 0 Å². The number of methoxy groups -OCH3 is 1. The van der Waals surface area contributed by atoms with Crippen molar-refractivity contribution in [3.63, 3.8) is 0 Å². The Morgan fingerprint density at radius 1 is 1.20 bits per heavy atom. The summed E-state index contributed by atoms with van der Waals surface area (Å²) in [6.45, 7) is 5.44. The molecule has 0 aliphatic carbocycles. The second kappa shape index (κ2) is 7.60. The molecule has 0 heterocycles. The van der Waals surface area contributed by atoms with Gasteiger partial charge in [0, 0.05) is 10.0 Å². The van der Waals surface area contributed by atoms with Crippen LogP contribution in [0.15, 0.2) is 47.4 Å². The number of rotatable bonds is 2. The molecular weight excluding hydrogens is 320 g/mol. The maximum atomic E-state index is 9.50. The average Bonchev–Trinajstić information content (AvgIpc) is 2.45. The van der Waals surface area contributed by atoms with E-state index in [-0.39, 0.29) is 5.75 Å². The molecule has 0 unspecified atom stereocenters. The first kappa shape index (κ1) is 16.1. The lowest BCUT2D eigenvalue weighted by Gasteiger charge is -2.06. The van der Waals surface area contributed by atoms with Gasteiger partial charge in [0.05, 0.1) is 7.11 Å². The van der Waals surface area contributed by atoms with Crippen LogP contribution in [0, 0.1) is 6.92 Å². The highest BCUT2D eigenvalue weighted by Gasteiger charge is 2.06. The first-order valence-corrected chi connectivity index (χ1v) is 6.72. The molecule has 0 spiro atoms. The van der Waals surface area contributed by atoms with Gasteiger partial charge >= 0.3 is 0 Å². The van der Waals surface area contributed by atoms with Gasteiger partial charge in [0.1, 0.15) is 5.75 Å². The summed E-state index contributed by atoms with van der Waals surface area (Å²) in [5, 5.41) is 18.4. The highest BCUT2D eigenvalue weighted by Crippen LogP contribution is 2.33. The molecule has 0 radical (unpaired) electrons. The van der Waals surface area contributed by atoms with Crippen molar-refractivity contribution in [2.75, 3.05) is 7.11 Å². The SMILES string of the molecule is C=Cc1cc(Br)cc(OC)c1O.Cc1ccccc1O. The molecule has 2 aromatic carbocycles. The van der Waals surface area contributed by atoms with E-state index in [9.17, 15) is 5.11 Å². The normalized spacial score (nSPS) is 9.35. The van der Waals surface area contributed by atoms with Crippen molar-refractivity contribution in [1.29, 1.82) is 0 Å². The van der Waals surface area contributed by atoms with Gasteiger partial charge in [-0.3, -0.25) is 0 Å². The van der Waals surface area contributed by atoms with Crippen molar-refractivity contribution in [3.05, 3.63) is 58.6 Å². The summed E-state index contributed by atoms with van der Waals surface area (Å²) in [6, 6.07) is 10.7. The van der Waals surface area contributed by atoms with Crippen molar-refractivity contribution in [3.8, 4) is 17.2 Å². The Morgan fingerprint density at radius 2 is 1.85 bits per heavy atom. The molecule has 2 N–H and O–H groups in total. The molecule has 0 aliphatic heterocycles. The van der Waals surface area contributed by atoms with E-state index < -0.39 is 0 Å². The molecule has 0 aromatic heterocycles. The second-order valence-corrected chi connectivity index (χ2v) is 4.95. The Bertz CT molecular complexity index is 573. The van der Waals surface area contributed by atoms with Crippen LogP contribution in [0.2, 0.25) is 0 Å². The van der Waals surface area contributed by atoms with E-state index in [1.807, 2.05) is 25.1 Å². The van der Waals surface area contributed by atoms with E-state index in [2.05, 4.69) is 22.5 Å². The highest BCUT2D eigenvalue weighted by atomic mass is 79.9. The predicted molar refractivity (Wildman–Crippen MR) is 85.3 cm³/mol. The molecule has 2 aromatic rings. The summed E-state index contributed by atoms with van der Waals surface area (Å²) in [7, 11) is 1.51. The standard InChI is InChI=1S/C9H9BrO2.C7H8O/c1-3-6-4-7(10)5-8(12-2)9(6)11;1-6-4-2-3-5-7(6)8/h3-5,11H,1H2,2H3;2-5,8H,1H3. The minimum Gasteiger partial charge on any atom is -0.508 e. The van der Waals surface area contributed by atoms with E-state index in [0.717, 1.165) is 10.0 Å². The fourth-order valence-corrected chi connectivity index (χ4v) is 1.92. The zero-order chi connectivity index (χ0) is 15.1. The fourth-order valence-electron chi connectivity index (χ4n) is 1.47. The molecule has 20 heavy (non-hydrogen) atoms. The molecule has 106 valence electrons. The third-order valence-electron chi connectivity index (χ3n) is 2.62.